The Morgan fingerprint density at radius 2 is 1.93 bits per heavy atom. The number of hydrogen-bond acceptors (Lipinski definition) is 4. The van der Waals surface area contributed by atoms with Crippen molar-refractivity contribution >= 4 is 21.8 Å². The van der Waals surface area contributed by atoms with E-state index in [1.165, 1.54) is 5.56 Å². The van der Waals surface area contributed by atoms with Crippen molar-refractivity contribution in [3.05, 3.63) is 88.2 Å². The van der Waals surface area contributed by atoms with Gasteiger partial charge in [0.15, 0.2) is 11.5 Å². The van der Waals surface area contributed by atoms with E-state index in [9.17, 15) is 4.79 Å². The summed E-state index contributed by atoms with van der Waals surface area (Å²) in [5.41, 5.74) is 3.21. The minimum absolute atomic E-state index is 0.0455. The van der Waals surface area contributed by atoms with Crippen LogP contribution in [0.25, 0.3) is 0 Å². The topological polar surface area (TPSA) is 60.5 Å². The lowest BCUT2D eigenvalue weighted by Crippen LogP contribution is -2.24. The van der Waals surface area contributed by atoms with Gasteiger partial charge in [-0.3, -0.25) is 9.78 Å². The van der Waals surface area contributed by atoms with Gasteiger partial charge in [-0.25, -0.2) is 0 Å². The van der Waals surface area contributed by atoms with E-state index >= 15 is 0 Å². The number of methoxy groups -OCH3 is 1. The first kappa shape index (κ1) is 20.4. The predicted octanol–water partition coefficient (Wildman–Crippen LogP) is 4.85. The largest absolute Gasteiger partial charge is 0.493 e. The number of halogens is 1. The van der Waals surface area contributed by atoms with Gasteiger partial charge in [0, 0.05) is 29.3 Å². The van der Waals surface area contributed by atoms with Crippen LogP contribution in [0.5, 0.6) is 11.5 Å². The molecule has 0 saturated heterocycles. The van der Waals surface area contributed by atoms with Crippen LogP contribution in [0.2, 0.25) is 0 Å². The number of pyridine rings is 1. The lowest BCUT2D eigenvalue weighted by Gasteiger charge is -2.13. The summed E-state index contributed by atoms with van der Waals surface area (Å²) >= 11 is 3.49. The highest BCUT2D eigenvalue weighted by Gasteiger charge is 2.43. The van der Waals surface area contributed by atoms with Gasteiger partial charge in [-0.05, 0) is 65.4 Å². The van der Waals surface area contributed by atoms with Crippen LogP contribution in [0.15, 0.2) is 71.5 Å². The van der Waals surface area contributed by atoms with E-state index in [-0.39, 0.29) is 11.8 Å². The fraction of sp³-hybridized carbons (Fsp3) is 0.250. The van der Waals surface area contributed by atoms with Crippen molar-refractivity contribution in [3.63, 3.8) is 0 Å². The Morgan fingerprint density at radius 3 is 2.70 bits per heavy atom. The highest BCUT2D eigenvalue weighted by molar-refractivity contribution is 9.10. The predicted molar refractivity (Wildman–Crippen MR) is 118 cm³/mol. The lowest BCUT2D eigenvalue weighted by atomic mass is 10.1. The molecule has 2 aromatic carbocycles. The second-order valence-corrected chi connectivity index (χ2v) is 8.27. The molecule has 154 valence electrons. The molecule has 5 nitrogen and oxygen atoms in total. The number of nitrogens with zero attached hydrogens (tertiary/aromatic N) is 1. The summed E-state index contributed by atoms with van der Waals surface area (Å²) in [5, 5.41) is 3.05. The van der Waals surface area contributed by atoms with Crippen LogP contribution in [0.4, 0.5) is 0 Å². The minimum Gasteiger partial charge on any atom is -0.493 e. The molecular formula is C24H23BrN2O3. The molecule has 0 aliphatic heterocycles. The van der Waals surface area contributed by atoms with E-state index in [0.29, 0.717) is 30.6 Å². The van der Waals surface area contributed by atoms with Gasteiger partial charge >= 0.3 is 0 Å². The van der Waals surface area contributed by atoms with Gasteiger partial charge in [-0.15, -0.1) is 0 Å². The maximum atomic E-state index is 12.5. The van der Waals surface area contributed by atoms with Crippen LogP contribution in [-0.4, -0.2) is 18.0 Å². The first-order valence-electron chi connectivity index (χ1n) is 9.86. The van der Waals surface area contributed by atoms with Crippen molar-refractivity contribution in [1.82, 2.24) is 10.3 Å². The number of rotatable bonds is 8. The van der Waals surface area contributed by atoms with E-state index < -0.39 is 0 Å². The molecule has 0 radical (unpaired) electrons. The van der Waals surface area contributed by atoms with Gasteiger partial charge in [0.05, 0.1) is 7.11 Å². The zero-order chi connectivity index (χ0) is 20.9. The number of amides is 1. The van der Waals surface area contributed by atoms with Crippen LogP contribution in [-0.2, 0) is 17.9 Å². The Kier molecular flexibility index (Phi) is 6.33. The molecule has 1 heterocycles. The van der Waals surface area contributed by atoms with Gasteiger partial charge in [0.2, 0.25) is 5.91 Å². The van der Waals surface area contributed by atoms with E-state index in [4.69, 9.17) is 9.47 Å². The lowest BCUT2D eigenvalue weighted by molar-refractivity contribution is -0.122. The summed E-state index contributed by atoms with van der Waals surface area (Å²) in [6.07, 6.45) is 4.37. The van der Waals surface area contributed by atoms with E-state index in [2.05, 4.69) is 38.4 Å². The first-order chi connectivity index (χ1) is 14.6. The highest BCUT2D eigenvalue weighted by atomic mass is 79.9. The molecule has 3 aromatic rings. The molecule has 1 aliphatic carbocycles. The number of nitrogens with one attached hydrogen (secondary N) is 1. The van der Waals surface area contributed by atoms with Crippen molar-refractivity contribution in [1.29, 1.82) is 0 Å². The number of carbonyl (C=O) groups is 1. The molecule has 1 aromatic heterocycles. The summed E-state index contributed by atoms with van der Waals surface area (Å²) in [4.78, 5) is 16.6. The summed E-state index contributed by atoms with van der Waals surface area (Å²) in [6.45, 7) is 0.898. The third kappa shape index (κ3) is 5.00. The van der Waals surface area contributed by atoms with Gasteiger partial charge in [0.1, 0.15) is 6.61 Å². The third-order valence-corrected chi connectivity index (χ3v) is 5.74. The number of carbonyl (C=O) groups excluding carboxylic acids is 1. The maximum absolute atomic E-state index is 12.5. The van der Waals surface area contributed by atoms with E-state index in [0.717, 1.165) is 22.0 Å². The number of benzene rings is 2. The average molecular weight is 467 g/mol. The fourth-order valence-corrected chi connectivity index (χ4v) is 3.91. The standard InChI is InChI=1S/C24H23BrN2O3/c1-29-23-11-17(5-6-22(23)30-15-16-7-9-26-10-8-16)14-27-24(28)21-13-20(21)18-3-2-4-19(25)12-18/h2-12,20-21H,13-15H2,1H3,(H,27,28). The Bertz CT molecular complexity index is 1030. The van der Waals surface area contributed by atoms with Crippen LogP contribution >= 0.6 is 15.9 Å². The number of hydrogen-bond donors (Lipinski definition) is 1. The van der Waals surface area contributed by atoms with Gasteiger partial charge in [-0.2, -0.15) is 0 Å². The monoisotopic (exact) mass is 466 g/mol. The smallest absolute Gasteiger partial charge is 0.224 e. The van der Waals surface area contributed by atoms with Crippen LogP contribution < -0.4 is 14.8 Å². The molecular weight excluding hydrogens is 444 g/mol. The van der Waals surface area contributed by atoms with Gasteiger partial charge in [0.25, 0.3) is 0 Å². The quantitative estimate of drug-likeness (QED) is 0.515. The molecule has 30 heavy (non-hydrogen) atoms. The maximum Gasteiger partial charge on any atom is 0.224 e. The highest BCUT2D eigenvalue weighted by Crippen LogP contribution is 2.48. The zero-order valence-corrected chi connectivity index (χ0v) is 18.3. The molecule has 4 rings (SSSR count). The Balaban J connectivity index is 1.32. The second kappa shape index (κ2) is 9.30. The van der Waals surface area contributed by atoms with Crippen LogP contribution in [0.3, 0.4) is 0 Å². The molecule has 1 aliphatic rings. The first-order valence-corrected chi connectivity index (χ1v) is 10.6. The molecule has 1 fully saturated rings. The van der Waals surface area contributed by atoms with Crippen molar-refractivity contribution in [2.24, 2.45) is 5.92 Å². The third-order valence-electron chi connectivity index (χ3n) is 5.24. The van der Waals surface area contributed by atoms with Crippen LogP contribution in [0, 0.1) is 5.92 Å². The summed E-state index contributed by atoms with van der Waals surface area (Å²) in [7, 11) is 1.61. The molecule has 6 heteroatoms. The minimum atomic E-state index is 0.0455. The van der Waals surface area contributed by atoms with Crippen molar-refractivity contribution in [2.45, 2.75) is 25.5 Å². The number of ether oxygens (including phenoxy) is 2. The molecule has 1 amide bonds. The SMILES string of the molecule is COc1cc(CNC(=O)C2CC2c2cccc(Br)c2)ccc1OCc1ccncc1. The summed E-state index contributed by atoms with van der Waals surface area (Å²) < 4.78 is 12.4. The van der Waals surface area contributed by atoms with E-state index in [1.807, 2.05) is 42.5 Å². The Hall–Kier alpha value is -2.86. The zero-order valence-electron chi connectivity index (χ0n) is 16.7. The molecule has 2 unspecified atom stereocenters. The second-order valence-electron chi connectivity index (χ2n) is 7.35. The Labute approximate surface area is 184 Å². The normalized spacial score (nSPS) is 17.3. The van der Waals surface area contributed by atoms with Crippen molar-refractivity contribution in [3.8, 4) is 11.5 Å². The molecule has 1 saturated carbocycles. The molecule has 0 spiro atoms. The van der Waals surface area contributed by atoms with Crippen molar-refractivity contribution in [2.75, 3.05) is 7.11 Å². The van der Waals surface area contributed by atoms with E-state index in [1.54, 1.807) is 19.5 Å². The summed E-state index contributed by atoms with van der Waals surface area (Å²) in [6, 6.07) is 17.7. The fourth-order valence-electron chi connectivity index (χ4n) is 3.49. The Morgan fingerprint density at radius 1 is 1.10 bits per heavy atom. The van der Waals surface area contributed by atoms with Gasteiger partial charge in [-0.1, -0.05) is 34.1 Å². The summed E-state index contributed by atoms with van der Waals surface area (Å²) in [5.74, 6) is 1.76. The number of aromatic nitrogens is 1. The van der Waals surface area contributed by atoms with Crippen LogP contribution in [0.1, 0.15) is 29.0 Å². The average Bonchev–Trinajstić information content (AvgIpc) is 3.58. The molecule has 0 bridgehead atoms. The van der Waals surface area contributed by atoms with Gasteiger partial charge < -0.3 is 14.8 Å². The molecule has 1 N–H and O–H groups in total. The molecule has 2 atom stereocenters. The van der Waals surface area contributed by atoms with Crippen molar-refractivity contribution < 1.29 is 14.3 Å².